The molecule has 2 N–H and O–H groups in total. The fourth-order valence-corrected chi connectivity index (χ4v) is 2.92. The van der Waals surface area contributed by atoms with Crippen molar-refractivity contribution in [1.29, 1.82) is 0 Å². The number of hydrogen-bond acceptors (Lipinski definition) is 6. The minimum absolute atomic E-state index is 0.0474. The van der Waals surface area contributed by atoms with Gasteiger partial charge in [0.05, 0.1) is 19.3 Å². The second kappa shape index (κ2) is 9.24. The highest BCUT2D eigenvalue weighted by Crippen LogP contribution is 2.23. The monoisotopic (exact) mass is 348 g/mol. The lowest BCUT2D eigenvalue weighted by molar-refractivity contribution is -0.122. The summed E-state index contributed by atoms with van der Waals surface area (Å²) in [5.41, 5.74) is 1.92. The molecule has 0 fully saturated rings. The van der Waals surface area contributed by atoms with Crippen LogP contribution in [0.4, 0.5) is 10.8 Å². The van der Waals surface area contributed by atoms with Crippen molar-refractivity contribution < 1.29 is 9.53 Å². The van der Waals surface area contributed by atoms with E-state index in [1.165, 1.54) is 0 Å². The summed E-state index contributed by atoms with van der Waals surface area (Å²) in [7, 11) is 1.65. The Balaban J connectivity index is 1.92. The van der Waals surface area contributed by atoms with Crippen molar-refractivity contribution in [2.45, 2.75) is 20.4 Å². The quantitative estimate of drug-likeness (QED) is 0.729. The van der Waals surface area contributed by atoms with E-state index in [1.807, 2.05) is 43.5 Å². The van der Waals surface area contributed by atoms with Crippen LogP contribution >= 0.6 is 11.3 Å². The van der Waals surface area contributed by atoms with Crippen molar-refractivity contribution in [3.63, 3.8) is 0 Å². The van der Waals surface area contributed by atoms with Crippen molar-refractivity contribution in [2.75, 3.05) is 32.1 Å². The Morgan fingerprint density at radius 1 is 1.29 bits per heavy atom. The van der Waals surface area contributed by atoms with Crippen molar-refractivity contribution in [1.82, 2.24) is 15.2 Å². The third kappa shape index (κ3) is 5.50. The van der Waals surface area contributed by atoms with Crippen molar-refractivity contribution >= 4 is 28.1 Å². The lowest BCUT2D eigenvalue weighted by Gasteiger charge is -2.18. The molecule has 1 heterocycles. The molecule has 7 heteroatoms. The van der Waals surface area contributed by atoms with Crippen molar-refractivity contribution in [3.8, 4) is 5.75 Å². The molecule has 0 spiro atoms. The third-order valence-corrected chi connectivity index (χ3v) is 4.27. The van der Waals surface area contributed by atoms with Gasteiger partial charge in [0.15, 0.2) is 5.13 Å². The molecule has 0 saturated heterocycles. The largest absolute Gasteiger partial charge is 0.497 e. The summed E-state index contributed by atoms with van der Waals surface area (Å²) >= 11 is 1.56. The van der Waals surface area contributed by atoms with Crippen LogP contribution in [0.3, 0.4) is 0 Å². The number of rotatable bonds is 9. The van der Waals surface area contributed by atoms with E-state index in [0.717, 1.165) is 28.8 Å². The molecule has 2 rings (SSSR count). The Bertz CT molecular complexity index is 642. The molecule has 0 bridgehead atoms. The molecular weight excluding hydrogens is 324 g/mol. The van der Waals surface area contributed by atoms with Gasteiger partial charge in [-0.25, -0.2) is 4.98 Å². The molecule has 130 valence electrons. The van der Waals surface area contributed by atoms with Crippen LogP contribution in [0.15, 0.2) is 29.6 Å². The van der Waals surface area contributed by atoms with Gasteiger partial charge in [0.25, 0.3) is 0 Å². The average molecular weight is 348 g/mol. The van der Waals surface area contributed by atoms with Crippen LogP contribution in [0.5, 0.6) is 5.75 Å². The van der Waals surface area contributed by atoms with E-state index < -0.39 is 0 Å². The molecule has 6 nitrogen and oxygen atoms in total. The predicted molar refractivity (Wildman–Crippen MR) is 98.0 cm³/mol. The second-order valence-electron chi connectivity index (χ2n) is 5.25. The number of ether oxygens (including phenoxy) is 1. The third-order valence-electron chi connectivity index (χ3n) is 3.47. The summed E-state index contributed by atoms with van der Waals surface area (Å²) in [5.74, 6) is 0.871. The number of methoxy groups -OCH3 is 1. The van der Waals surface area contributed by atoms with E-state index in [4.69, 9.17) is 4.74 Å². The molecular formula is C17H24N4O2S. The maximum absolute atomic E-state index is 11.7. The molecule has 0 unspecified atom stereocenters. The number of anilines is 2. The molecule has 0 aliphatic heterocycles. The van der Waals surface area contributed by atoms with E-state index in [0.29, 0.717) is 19.6 Å². The Morgan fingerprint density at radius 3 is 2.67 bits per heavy atom. The number of benzene rings is 1. The highest BCUT2D eigenvalue weighted by Gasteiger charge is 2.11. The van der Waals surface area contributed by atoms with Crippen LogP contribution in [0.1, 0.15) is 19.5 Å². The number of thiazole rings is 1. The van der Waals surface area contributed by atoms with Gasteiger partial charge in [-0.05, 0) is 37.7 Å². The zero-order chi connectivity index (χ0) is 17.4. The van der Waals surface area contributed by atoms with Gasteiger partial charge in [0, 0.05) is 24.2 Å². The van der Waals surface area contributed by atoms with Crippen LogP contribution < -0.4 is 15.4 Å². The van der Waals surface area contributed by atoms with E-state index in [-0.39, 0.29) is 5.91 Å². The first kappa shape index (κ1) is 18.2. The lowest BCUT2D eigenvalue weighted by Crippen LogP contribution is -2.36. The average Bonchev–Trinajstić information content (AvgIpc) is 3.02. The normalized spacial score (nSPS) is 10.7. The molecule has 24 heavy (non-hydrogen) atoms. The number of nitrogens with one attached hydrogen (secondary N) is 2. The minimum Gasteiger partial charge on any atom is -0.497 e. The molecule has 0 aliphatic rings. The van der Waals surface area contributed by atoms with E-state index in [9.17, 15) is 4.79 Å². The van der Waals surface area contributed by atoms with Gasteiger partial charge in [-0.15, -0.1) is 11.3 Å². The molecule has 0 aliphatic carbocycles. The highest BCUT2D eigenvalue weighted by atomic mass is 32.1. The standard InChI is InChI=1S/C17H24N4O2S/c1-4-18-16(22)11-21(5-2)10-14-12-24-17(20-14)19-13-6-8-15(23-3)9-7-13/h6-9,12H,4-5,10-11H2,1-3H3,(H,18,22)(H,19,20). The first-order valence-corrected chi connectivity index (χ1v) is 8.87. The molecule has 0 radical (unpaired) electrons. The van der Waals surface area contributed by atoms with Crippen LogP contribution in [-0.4, -0.2) is 42.5 Å². The summed E-state index contributed by atoms with van der Waals surface area (Å²) in [6.07, 6.45) is 0. The van der Waals surface area contributed by atoms with Crippen LogP contribution in [0.25, 0.3) is 0 Å². The topological polar surface area (TPSA) is 66.5 Å². The summed E-state index contributed by atoms with van der Waals surface area (Å²) < 4.78 is 5.15. The fourth-order valence-electron chi connectivity index (χ4n) is 2.20. The van der Waals surface area contributed by atoms with Crippen molar-refractivity contribution in [3.05, 3.63) is 35.3 Å². The van der Waals surface area contributed by atoms with Gasteiger partial charge in [0.2, 0.25) is 5.91 Å². The molecule has 0 atom stereocenters. The molecule has 1 aromatic carbocycles. The number of amides is 1. The summed E-state index contributed by atoms with van der Waals surface area (Å²) in [5, 5.41) is 8.96. The van der Waals surface area contributed by atoms with E-state index in [2.05, 4.69) is 20.5 Å². The van der Waals surface area contributed by atoms with Gasteiger partial charge in [-0.1, -0.05) is 6.92 Å². The summed E-state index contributed by atoms with van der Waals surface area (Å²) in [6.45, 7) is 6.48. The zero-order valence-electron chi connectivity index (χ0n) is 14.3. The van der Waals surface area contributed by atoms with Gasteiger partial charge >= 0.3 is 0 Å². The maximum Gasteiger partial charge on any atom is 0.234 e. The first-order valence-electron chi connectivity index (χ1n) is 7.99. The minimum atomic E-state index is 0.0474. The van der Waals surface area contributed by atoms with Gasteiger partial charge < -0.3 is 15.4 Å². The molecule has 1 amide bonds. The number of carbonyl (C=O) groups excluding carboxylic acids is 1. The SMILES string of the molecule is CCNC(=O)CN(CC)Cc1csc(Nc2ccc(OC)cc2)n1. The van der Waals surface area contributed by atoms with Gasteiger partial charge in [-0.3, -0.25) is 9.69 Å². The summed E-state index contributed by atoms with van der Waals surface area (Å²) in [4.78, 5) is 18.4. The van der Waals surface area contributed by atoms with E-state index >= 15 is 0 Å². The number of aromatic nitrogens is 1. The number of likely N-dealkylation sites (N-methyl/N-ethyl adjacent to an activating group) is 2. The van der Waals surface area contributed by atoms with Gasteiger partial charge in [-0.2, -0.15) is 0 Å². The van der Waals surface area contributed by atoms with Crippen LogP contribution in [0.2, 0.25) is 0 Å². The Labute approximate surface area is 146 Å². The second-order valence-corrected chi connectivity index (χ2v) is 6.11. The van der Waals surface area contributed by atoms with E-state index in [1.54, 1.807) is 18.4 Å². The highest BCUT2D eigenvalue weighted by molar-refractivity contribution is 7.13. The molecule has 0 saturated carbocycles. The van der Waals surface area contributed by atoms with Gasteiger partial charge in [0.1, 0.15) is 5.75 Å². The fraction of sp³-hybridized carbons (Fsp3) is 0.412. The smallest absolute Gasteiger partial charge is 0.234 e. The number of nitrogens with zero attached hydrogens (tertiary/aromatic N) is 2. The summed E-state index contributed by atoms with van der Waals surface area (Å²) in [6, 6.07) is 7.71. The van der Waals surface area contributed by atoms with Crippen LogP contribution in [-0.2, 0) is 11.3 Å². The maximum atomic E-state index is 11.7. The first-order chi connectivity index (χ1) is 11.6. The molecule has 2 aromatic rings. The Morgan fingerprint density at radius 2 is 2.04 bits per heavy atom. The van der Waals surface area contributed by atoms with Crippen LogP contribution in [0, 0.1) is 0 Å². The number of hydrogen-bond donors (Lipinski definition) is 2. The predicted octanol–water partition coefficient (Wildman–Crippen LogP) is 2.85. The number of carbonyl (C=O) groups is 1. The lowest BCUT2D eigenvalue weighted by atomic mass is 10.3. The zero-order valence-corrected chi connectivity index (χ0v) is 15.2. The Hall–Kier alpha value is -2.12. The Kier molecular flexibility index (Phi) is 7.02. The molecule has 1 aromatic heterocycles. The van der Waals surface area contributed by atoms with Crippen molar-refractivity contribution in [2.24, 2.45) is 0 Å².